The minimum absolute atomic E-state index is 0.0745. The topological polar surface area (TPSA) is 62.4 Å². The number of furan rings is 1. The summed E-state index contributed by atoms with van der Waals surface area (Å²) < 4.78 is 5.26. The van der Waals surface area contributed by atoms with Crippen LogP contribution in [-0.4, -0.2) is 22.1 Å². The summed E-state index contributed by atoms with van der Waals surface area (Å²) in [6, 6.07) is 3.72. The average Bonchev–Trinajstić information content (AvgIpc) is 2.74. The van der Waals surface area contributed by atoms with Gasteiger partial charge in [0.2, 0.25) is 5.95 Å². The molecule has 0 aliphatic carbocycles. The second-order valence-corrected chi connectivity index (χ2v) is 4.32. The molecule has 0 radical (unpaired) electrons. The lowest BCUT2D eigenvalue weighted by atomic mass is 10.2. The van der Waals surface area contributed by atoms with Crippen LogP contribution in [0.5, 0.6) is 0 Å². The average molecular weight is 247 g/mol. The maximum atomic E-state index is 9.15. The van der Waals surface area contributed by atoms with Crippen LogP contribution in [0.15, 0.2) is 22.8 Å². The van der Waals surface area contributed by atoms with Gasteiger partial charge in [-0.05, 0) is 26.0 Å². The largest absolute Gasteiger partial charge is 0.469 e. The van der Waals surface area contributed by atoms with Crippen molar-refractivity contribution in [2.24, 2.45) is 0 Å². The second kappa shape index (κ2) is 5.18. The first-order valence-electron chi connectivity index (χ1n) is 5.79. The van der Waals surface area contributed by atoms with Crippen molar-refractivity contribution in [3.63, 3.8) is 0 Å². The van der Waals surface area contributed by atoms with Crippen molar-refractivity contribution in [2.45, 2.75) is 27.0 Å². The molecule has 0 aliphatic rings. The van der Waals surface area contributed by atoms with E-state index in [1.54, 1.807) is 12.3 Å². The summed E-state index contributed by atoms with van der Waals surface area (Å²) >= 11 is 0. The minimum Gasteiger partial charge on any atom is -0.469 e. The molecule has 0 aromatic carbocycles. The molecule has 0 unspecified atom stereocenters. The van der Waals surface area contributed by atoms with E-state index in [9.17, 15) is 0 Å². The molecular formula is C13H17N3O2. The first kappa shape index (κ1) is 12.6. The fraction of sp³-hybridized carbons (Fsp3) is 0.385. The van der Waals surface area contributed by atoms with Crippen molar-refractivity contribution in [1.29, 1.82) is 0 Å². The summed E-state index contributed by atoms with van der Waals surface area (Å²) in [5.74, 6) is 1.51. The lowest BCUT2D eigenvalue weighted by Gasteiger charge is -2.17. The molecule has 0 saturated carbocycles. The van der Waals surface area contributed by atoms with Gasteiger partial charge in [0.05, 0.1) is 18.6 Å². The molecule has 0 amide bonds. The molecule has 18 heavy (non-hydrogen) atoms. The molecule has 0 spiro atoms. The van der Waals surface area contributed by atoms with Crippen molar-refractivity contribution in [3.8, 4) is 0 Å². The van der Waals surface area contributed by atoms with Crippen LogP contribution in [0.25, 0.3) is 0 Å². The molecule has 2 aromatic heterocycles. The van der Waals surface area contributed by atoms with Gasteiger partial charge in [0, 0.05) is 24.8 Å². The van der Waals surface area contributed by atoms with Crippen LogP contribution in [0.1, 0.15) is 22.7 Å². The lowest BCUT2D eigenvalue weighted by molar-refractivity contribution is 0.276. The second-order valence-electron chi connectivity index (χ2n) is 4.32. The van der Waals surface area contributed by atoms with E-state index in [1.807, 2.05) is 31.9 Å². The summed E-state index contributed by atoms with van der Waals surface area (Å²) in [6.07, 6.45) is 1.68. The molecule has 2 heterocycles. The highest BCUT2D eigenvalue weighted by Gasteiger charge is 2.10. The molecule has 0 bridgehead atoms. The minimum atomic E-state index is -0.0745. The first-order chi connectivity index (χ1) is 8.60. The summed E-state index contributed by atoms with van der Waals surface area (Å²) in [4.78, 5) is 10.6. The molecule has 5 nitrogen and oxygen atoms in total. The van der Waals surface area contributed by atoms with Gasteiger partial charge in [-0.1, -0.05) is 0 Å². The summed E-state index contributed by atoms with van der Waals surface area (Å²) in [5.41, 5.74) is 2.58. The number of aliphatic hydroxyl groups is 1. The predicted octanol–water partition coefficient (Wildman–Crippen LogP) is 1.82. The van der Waals surface area contributed by atoms with Crippen LogP contribution in [0, 0.1) is 13.8 Å². The van der Waals surface area contributed by atoms with Gasteiger partial charge in [-0.15, -0.1) is 0 Å². The summed E-state index contributed by atoms with van der Waals surface area (Å²) in [5, 5.41) is 9.15. The quantitative estimate of drug-likeness (QED) is 0.892. The lowest BCUT2D eigenvalue weighted by Crippen LogP contribution is -2.20. The Morgan fingerprint density at radius 1 is 1.33 bits per heavy atom. The summed E-state index contributed by atoms with van der Waals surface area (Å²) in [6.45, 7) is 4.42. The van der Waals surface area contributed by atoms with Crippen LogP contribution < -0.4 is 4.90 Å². The van der Waals surface area contributed by atoms with Crippen LogP contribution in [0.4, 0.5) is 5.95 Å². The number of aliphatic hydroxyl groups excluding tert-OH is 1. The molecule has 1 N–H and O–H groups in total. The normalized spacial score (nSPS) is 10.7. The van der Waals surface area contributed by atoms with Crippen molar-refractivity contribution in [1.82, 2.24) is 9.97 Å². The van der Waals surface area contributed by atoms with Crippen LogP contribution in [-0.2, 0) is 13.2 Å². The van der Waals surface area contributed by atoms with Gasteiger partial charge in [-0.25, -0.2) is 9.97 Å². The Kier molecular flexibility index (Phi) is 3.62. The number of hydrogen-bond acceptors (Lipinski definition) is 5. The summed E-state index contributed by atoms with van der Waals surface area (Å²) in [7, 11) is 1.92. The molecular weight excluding hydrogens is 230 g/mol. The molecule has 2 rings (SSSR count). The highest BCUT2D eigenvalue weighted by molar-refractivity contribution is 5.33. The van der Waals surface area contributed by atoms with E-state index in [0.717, 1.165) is 17.0 Å². The van der Waals surface area contributed by atoms with Gasteiger partial charge >= 0.3 is 0 Å². The molecule has 0 aliphatic heterocycles. The Hall–Kier alpha value is -1.88. The maximum absolute atomic E-state index is 9.15. The van der Waals surface area contributed by atoms with E-state index in [4.69, 9.17) is 9.52 Å². The molecule has 0 fully saturated rings. The SMILES string of the molecule is Cc1cc(CO)nc(N(C)Cc2ccoc2C)n1. The first-order valence-corrected chi connectivity index (χ1v) is 5.79. The Morgan fingerprint density at radius 3 is 2.72 bits per heavy atom. The standard InChI is InChI=1S/C13H17N3O2/c1-9-6-12(8-17)15-13(14-9)16(3)7-11-4-5-18-10(11)2/h4-6,17H,7-8H2,1-3H3. The zero-order valence-corrected chi connectivity index (χ0v) is 10.8. The van der Waals surface area contributed by atoms with Gasteiger partial charge in [-0.3, -0.25) is 0 Å². The Labute approximate surface area is 106 Å². The zero-order valence-electron chi connectivity index (χ0n) is 10.8. The third-order valence-corrected chi connectivity index (χ3v) is 2.77. The highest BCUT2D eigenvalue weighted by atomic mass is 16.3. The van der Waals surface area contributed by atoms with Gasteiger partial charge in [-0.2, -0.15) is 0 Å². The number of rotatable bonds is 4. The zero-order chi connectivity index (χ0) is 13.1. The Balaban J connectivity index is 2.20. The molecule has 0 atom stereocenters. The monoisotopic (exact) mass is 247 g/mol. The predicted molar refractivity (Wildman–Crippen MR) is 68.2 cm³/mol. The molecule has 2 aromatic rings. The van der Waals surface area contributed by atoms with Gasteiger partial charge < -0.3 is 14.4 Å². The highest BCUT2D eigenvalue weighted by Crippen LogP contribution is 2.15. The molecule has 5 heteroatoms. The molecule has 0 saturated heterocycles. The fourth-order valence-electron chi connectivity index (χ4n) is 1.77. The number of nitrogens with zero attached hydrogens (tertiary/aromatic N) is 3. The third-order valence-electron chi connectivity index (χ3n) is 2.77. The van der Waals surface area contributed by atoms with Crippen LogP contribution in [0.2, 0.25) is 0 Å². The van der Waals surface area contributed by atoms with Crippen molar-refractivity contribution in [3.05, 3.63) is 41.1 Å². The number of aromatic nitrogens is 2. The molecule has 96 valence electrons. The number of aryl methyl sites for hydroxylation is 2. The van der Waals surface area contributed by atoms with E-state index < -0.39 is 0 Å². The third kappa shape index (κ3) is 2.68. The Morgan fingerprint density at radius 2 is 2.11 bits per heavy atom. The van der Waals surface area contributed by atoms with E-state index >= 15 is 0 Å². The van der Waals surface area contributed by atoms with E-state index in [0.29, 0.717) is 18.2 Å². The fourth-order valence-corrected chi connectivity index (χ4v) is 1.77. The van der Waals surface area contributed by atoms with Crippen molar-refractivity contribution < 1.29 is 9.52 Å². The maximum Gasteiger partial charge on any atom is 0.225 e. The van der Waals surface area contributed by atoms with Gasteiger partial charge in [0.25, 0.3) is 0 Å². The van der Waals surface area contributed by atoms with E-state index in [2.05, 4.69) is 9.97 Å². The van der Waals surface area contributed by atoms with Crippen LogP contribution >= 0.6 is 0 Å². The van der Waals surface area contributed by atoms with Crippen LogP contribution in [0.3, 0.4) is 0 Å². The van der Waals surface area contributed by atoms with Gasteiger partial charge in [0.1, 0.15) is 5.76 Å². The van der Waals surface area contributed by atoms with Gasteiger partial charge in [0.15, 0.2) is 0 Å². The Bertz CT molecular complexity index is 537. The number of hydrogen-bond donors (Lipinski definition) is 1. The smallest absolute Gasteiger partial charge is 0.225 e. The van der Waals surface area contributed by atoms with Crippen molar-refractivity contribution >= 4 is 5.95 Å². The number of anilines is 1. The van der Waals surface area contributed by atoms with Crippen molar-refractivity contribution in [2.75, 3.05) is 11.9 Å². The van der Waals surface area contributed by atoms with E-state index in [1.165, 1.54) is 0 Å². The van der Waals surface area contributed by atoms with E-state index in [-0.39, 0.29) is 6.61 Å².